The Morgan fingerprint density at radius 2 is 2.17 bits per heavy atom. The number of carbonyl (C=O) groups excluding carboxylic acids is 1. The molecule has 0 heterocycles. The number of amides is 1. The number of aryl methyl sites for hydroxylation is 1. The molecule has 1 unspecified atom stereocenters. The van der Waals surface area contributed by atoms with Gasteiger partial charge in [0.2, 0.25) is 0 Å². The third-order valence-electron chi connectivity index (χ3n) is 2.92. The van der Waals surface area contributed by atoms with Crippen LogP contribution in [0.15, 0.2) is 18.2 Å². The molecule has 1 amide bonds. The first kappa shape index (κ1) is 14.5. The van der Waals surface area contributed by atoms with Crippen LogP contribution in [0.4, 0.5) is 0 Å². The highest BCUT2D eigenvalue weighted by Gasteiger charge is 2.07. The molecule has 0 aliphatic heterocycles. The summed E-state index contributed by atoms with van der Waals surface area (Å²) in [7, 11) is 0. The molecule has 0 aromatic heterocycles. The molecule has 0 radical (unpaired) electrons. The number of ether oxygens (including phenoxy) is 1. The third-order valence-corrected chi connectivity index (χ3v) is 2.92. The first-order valence-electron chi connectivity index (χ1n) is 6.18. The summed E-state index contributed by atoms with van der Waals surface area (Å²) in [5.41, 5.74) is 2.17. The summed E-state index contributed by atoms with van der Waals surface area (Å²) >= 11 is 0. The van der Waals surface area contributed by atoms with Crippen LogP contribution in [0.5, 0.6) is 5.75 Å². The fourth-order valence-electron chi connectivity index (χ4n) is 1.45. The van der Waals surface area contributed by atoms with Gasteiger partial charge in [-0.15, -0.1) is 0 Å². The van der Waals surface area contributed by atoms with Crippen LogP contribution in [0.3, 0.4) is 0 Å². The van der Waals surface area contributed by atoms with Gasteiger partial charge in [-0.3, -0.25) is 4.79 Å². The summed E-state index contributed by atoms with van der Waals surface area (Å²) in [6.45, 7) is 6.07. The maximum Gasteiger partial charge on any atom is 0.258 e. The molecule has 18 heavy (non-hydrogen) atoms. The van der Waals surface area contributed by atoms with E-state index in [1.807, 2.05) is 39.0 Å². The first-order chi connectivity index (χ1) is 8.54. The van der Waals surface area contributed by atoms with Gasteiger partial charge >= 0.3 is 0 Å². The van der Waals surface area contributed by atoms with Crippen molar-refractivity contribution in [2.45, 2.75) is 33.3 Å². The van der Waals surface area contributed by atoms with Crippen molar-refractivity contribution in [3.8, 4) is 5.75 Å². The van der Waals surface area contributed by atoms with Crippen LogP contribution in [0.25, 0.3) is 0 Å². The summed E-state index contributed by atoms with van der Waals surface area (Å²) in [5, 5.41) is 11.9. The van der Waals surface area contributed by atoms with Gasteiger partial charge in [-0.05, 0) is 37.5 Å². The van der Waals surface area contributed by atoms with Crippen molar-refractivity contribution < 1.29 is 14.6 Å². The molecule has 0 aliphatic rings. The van der Waals surface area contributed by atoms with Crippen LogP contribution in [-0.4, -0.2) is 30.3 Å². The monoisotopic (exact) mass is 251 g/mol. The summed E-state index contributed by atoms with van der Waals surface area (Å²) < 4.78 is 5.45. The van der Waals surface area contributed by atoms with E-state index in [9.17, 15) is 9.90 Å². The lowest BCUT2D eigenvalue weighted by atomic mass is 10.1. The highest BCUT2D eigenvalue weighted by molar-refractivity contribution is 5.77. The van der Waals surface area contributed by atoms with E-state index in [-0.39, 0.29) is 19.1 Å². The van der Waals surface area contributed by atoms with E-state index >= 15 is 0 Å². The Morgan fingerprint density at radius 3 is 2.83 bits per heavy atom. The Labute approximate surface area is 108 Å². The zero-order chi connectivity index (χ0) is 13.5. The molecule has 0 spiro atoms. The highest BCUT2D eigenvalue weighted by Crippen LogP contribution is 2.20. The third kappa shape index (κ3) is 4.37. The molecular weight excluding hydrogens is 230 g/mol. The van der Waals surface area contributed by atoms with Gasteiger partial charge in [-0.2, -0.15) is 0 Å². The Morgan fingerprint density at radius 1 is 1.44 bits per heavy atom. The van der Waals surface area contributed by atoms with Crippen molar-refractivity contribution in [2.24, 2.45) is 0 Å². The van der Waals surface area contributed by atoms with E-state index in [0.29, 0.717) is 6.42 Å². The molecule has 4 nitrogen and oxygen atoms in total. The predicted octanol–water partition coefficient (Wildman–Crippen LogP) is 1.57. The zero-order valence-electron chi connectivity index (χ0n) is 11.2. The lowest BCUT2D eigenvalue weighted by Gasteiger charge is -2.12. The number of nitrogens with one attached hydrogen (secondary N) is 1. The normalized spacial score (nSPS) is 12.0. The van der Waals surface area contributed by atoms with Crippen molar-refractivity contribution in [3.63, 3.8) is 0 Å². The second-order valence-corrected chi connectivity index (χ2v) is 4.35. The Hall–Kier alpha value is -1.55. The molecule has 0 bridgehead atoms. The smallest absolute Gasteiger partial charge is 0.258 e. The van der Waals surface area contributed by atoms with E-state index in [0.717, 1.165) is 16.9 Å². The SMILES string of the molecule is CCC(O)CNC(=O)COc1cccc(C)c1C. The van der Waals surface area contributed by atoms with Crippen LogP contribution in [0.2, 0.25) is 0 Å². The molecule has 1 aromatic rings. The predicted molar refractivity (Wildman–Crippen MR) is 70.7 cm³/mol. The molecule has 0 fully saturated rings. The van der Waals surface area contributed by atoms with Gasteiger partial charge in [0, 0.05) is 6.54 Å². The maximum absolute atomic E-state index is 11.5. The minimum absolute atomic E-state index is 0.0271. The molecule has 1 aromatic carbocycles. The van der Waals surface area contributed by atoms with E-state index < -0.39 is 6.10 Å². The molecule has 1 rings (SSSR count). The molecular formula is C14H21NO3. The Balaban J connectivity index is 2.41. The largest absolute Gasteiger partial charge is 0.483 e. The maximum atomic E-state index is 11.5. The topological polar surface area (TPSA) is 58.6 Å². The number of rotatable bonds is 6. The minimum Gasteiger partial charge on any atom is -0.483 e. The van der Waals surface area contributed by atoms with Gasteiger partial charge in [0.05, 0.1) is 6.10 Å². The zero-order valence-corrected chi connectivity index (χ0v) is 11.2. The summed E-state index contributed by atoms with van der Waals surface area (Å²) in [5.74, 6) is 0.504. The van der Waals surface area contributed by atoms with E-state index in [1.54, 1.807) is 0 Å². The first-order valence-corrected chi connectivity index (χ1v) is 6.18. The fourth-order valence-corrected chi connectivity index (χ4v) is 1.45. The lowest BCUT2D eigenvalue weighted by molar-refractivity contribution is -0.123. The van der Waals surface area contributed by atoms with Crippen molar-refractivity contribution in [2.75, 3.05) is 13.2 Å². The van der Waals surface area contributed by atoms with E-state index in [2.05, 4.69) is 5.32 Å². The van der Waals surface area contributed by atoms with Crippen LogP contribution in [0.1, 0.15) is 24.5 Å². The van der Waals surface area contributed by atoms with Crippen LogP contribution in [-0.2, 0) is 4.79 Å². The number of carbonyl (C=O) groups is 1. The highest BCUT2D eigenvalue weighted by atomic mass is 16.5. The van der Waals surface area contributed by atoms with Crippen molar-refractivity contribution in [3.05, 3.63) is 29.3 Å². The number of hydrogen-bond acceptors (Lipinski definition) is 3. The second kappa shape index (κ2) is 7.01. The number of benzene rings is 1. The Bertz CT molecular complexity index is 404. The second-order valence-electron chi connectivity index (χ2n) is 4.35. The van der Waals surface area contributed by atoms with Crippen LogP contribution in [0, 0.1) is 13.8 Å². The van der Waals surface area contributed by atoms with Crippen LogP contribution < -0.4 is 10.1 Å². The Kier molecular flexibility index (Phi) is 5.65. The molecule has 4 heteroatoms. The average molecular weight is 251 g/mol. The van der Waals surface area contributed by atoms with Crippen LogP contribution >= 0.6 is 0 Å². The van der Waals surface area contributed by atoms with E-state index in [1.165, 1.54) is 0 Å². The molecule has 0 saturated carbocycles. The fraction of sp³-hybridized carbons (Fsp3) is 0.500. The lowest BCUT2D eigenvalue weighted by Crippen LogP contribution is -2.35. The summed E-state index contributed by atoms with van der Waals surface area (Å²) in [4.78, 5) is 11.5. The molecule has 1 atom stereocenters. The molecule has 0 aliphatic carbocycles. The molecule has 0 saturated heterocycles. The summed E-state index contributed by atoms with van der Waals surface area (Å²) in [6, 6.07) is 5.74. The quantitative estimate of drug-likeness (QED) is 0.807. The van der Waals surface area contributed by atoms with Gasteiger partial charge in [0.15, 0.2) is 6.61 Å². The van der Waals surface area contributed by atoms with Gasteiger partial charge in [-0.25, -0.2) is 0 Å². The average Bonchev–Trinajstić information content (AvgIpc) is 2.37. The number of aliphatic hydroxyl groups is 1. The molecule has 2 N–H and O–H groups in total. The summed E-state index contributed by atoms with van der Waals surface area (Å²) in [6.07, 6.45) is 0.132. The van der Waals surface area contributed by atoms with Gasteiger partial charge in [0.25, 0.3) is 5.91 Å². The number of hydrogen-bond donors (Lipinski definition) is 2. The van der Waals surface area contributed by atoms with Gasteiger partial charge < -0.3 is 15.2 Å². The standard InChI is InChI=1S/C14H21NO3/c1-4-12(16)8-15-14(17)9-18-13-7-5-6-10(2)11(13)3/h5-7,12,16H,4,8-9H2,1-3H3,(H,15,17). The van der Waals surface area contributed by atoms with Crippen molar-refractivity contribution >= 4 is 5.91 Å². The van der Waals surface area contributed by atoms with Crippen molar-refractivity contribution in [1.29, 1.82) is 0 Å². The minimum atomic E-state index is -0.491. The molecule has 100 valence electrons. The van der Waals surface area contributed by atoms with Gasteiger partial charge in [-0.1, -0.05) is 19.1 Å². The van der Waals surface area contributed by atoms with Gasteiger partial charge in [0.1, 0.15) is 5.75 Å². The van der Waals surface area contributed by atoms with E-state index in [4.69, 9.17) is 4.74 Å². The van der Waals surface area contributed by atoms with Crippen molar-refractivity contribution in [1.82, 2.24) is 5.32 Å². The number of aliphatic hydroxyl groups excluding tert-OH is 1.